The molecular formula is C20H25FN2O4. The Hall–Kier alpha value is -2.44. The summed E-state index contributed by atoms with van der Waals surface area (Å²) in [4.78, 5) is 39.4. The minimum absolute atomic E-state index is 0.0877. The zero-order chi connectivity index (χ0) is 19.4. The molecule has 146 valence electrons. The maximum atomic E-state index is 13.1. The van der Waals surface area contributed by atoms with Crippen LogP contribution in [0.1, 0.15) is 43.6 Å². The fourth-order valence-corrected chi connectivity index (χ4v) is 3.98. The molecule has 0 aromatic heterocycles. The second-order valence-electron chi connectivity index (χ2n) is 7.34. The van der Waals surface area contributed by atoms with Gasteiger partial charge in [0.1, 0.15) is 5.82 Å². The molecule has 1 aromatic carbocycles. The van der Waals surface area contributed by atoms with Crippen LogP contribution in [0.4, 0.5) is 4.39 Å². The van der Waals surface area contributed by atoms with Gasteiger partial charge in [0.25, 0.3) is 0 Å². The highest BCUT2D eigenvalue weighted by Gasteiger charge is 2.40. The van der Waals surface area contributed by atoms with Gasteiger partial charge in [-0.15, -0.1) is 0 Å². The Balaban J connectivity index is 1.56. The summed E-state index contributed by atoms with van der Waals surface area (Å²) < 4.78 is 13.1. The molecule has 2 amide bonds. The van der Waals surface area contributed by atoms with E-state index < -0.39 is 11.9 Å². The number of carbonyl (C=O) groups excluding carboxylic acids is 2. The van der Waals surface area contributed by atoms with E-state index in [9.17, 15) is 23.9 Å². The van der Waals surface area contributed by atoms with Crippen LogP contribution in [0.2, 0.25) is 0 Å². The highest BCUT2D eigenvalue weighted by atomic mass is 19.1. The predicted octanol–water partition coefficient (Wildman–Crippen LogP) is 2.25. The van der Waals surface area contributed by atoms with Crippen molar-refractivity contribution in [3.8, 4) is 0 Å². The quantitative estimate of drug-likeness (QED) is 0.826. The number of aliphatic carboxylic acids is 1. The molecule has 0 radical (unpaired) electrons. The van der Waals surface area contributed by atoms with Crippen LogP contribution in [0.25, 0.3) is 0 Å². The lowest BCUT2D eigenvalue weighted by molar-refractivity contribution is -0.142. The standard InChI is InChI=1S/C20H25FN2O4/c21-15-8-6-14(7-9-15)16-12-23(13-17(16)20(26)27)19(25)5-3-11-22-10-2-1-4-18(22)24/h6-9,16-17H,1-5,10-13H2,(H,26,27)/t16-,17+/m0/s1. The fourth-order valence-electron chi connectivity index (χ4n) is 3.98. The lowest BCUT2D eigenvalue weighted by Gasteiger charge is -2.26. The monoisotopic (exact) mass is 376 g/mol. The largest absolute Gasteiger partial charge is 0.481 e. The average molecular weight is 376 g/mol. The Morgan fingerprint density at radius 3 is 2.56 bits per heavy atom. The number of likely N-dealkylation sites (tertiary alicyclic amines) is 2. The summed E-state index contributed by atoms with van der Waals surface area (Å²) in [5.74, 6) is -2.28. The first-order valence-corrected chi connectivity index (χ1v) is 9.49. The average Bonchev–Trinajstić information content (AvgIpc) is 3.10. The Kier molecular flexibility index (Phi) is 6.08. The number of piperidine rings is 1. The number of benzene rings is 1. The molecular weight excluding hydrogens is 351 g/mol. The Labute approximate surface area is 157 Å². The van der Waals surface area contributed by atoms with E-state index >= 15 is 0 Å². The molecule has 6 nitrogen and oxygen atoms in total. The first-order chi connectivity index (χ1) is 13.0. The van der Waals surface area contributed by atoms with Gasteiger partial charge in [0.15, 0.2) is 0 Å². The third kappa shape index (κ3) is 4.64. The van der Waals surface area contributed by atoms with Gasteiger partial charge >= 0.3 is 5.97 Å². The molecule has 2 aliphatic rings. The van der Waals surface area contributed by atoms with Crippen molar-refractivity contribution >= 4 is 17.8 Å². The van der Waals surface area contributed by atoms with Gasteiger partial charge in [0.2, 0.25) is 11.8 Å². The highest BCUT2D eigenvalue weighted by Crippen LogP contribution is 2.33. The normalized spacial score (nSPS) is 22.9. The van der Waals surface area contributed by atoms with Crippen molar-refractivity contribution in [1.82, 2.24) is 9.80 Å². The van der Waals surface area contributed by atoms with E-state index in [-0.39, 0.29) is 30.1 Å². The van der Waals surface area contributed by atoms with Gasteiger partial charge in [0.05, 0.1) is 5.92 Å². The number of nitrogens with zero attached hydrogens (tertiary/aromatic N) is 2. The summed E-state index contributed by atoms with van der Waals surface area (Å²) in [6.45, 7) is 1.82. The van der Waals surface area contributed by atoms with Crippen LogP contribution >= 0.6 is 0 Å². The van der Waals surface area contributed by atoms with E-state index in [0.29, 0.717) is 32.4 Å². The molecule has 1 N–H and O–H groups in total. The van der Waals surface area contributed by atoms with Crippen molar-refractivity contribution in [2.75, 3.05) is 26.2 Å². The van der Waals surface area contributed by atoms with E-state index in [1.165, 1.54) is 12.1 Å². The number of hydrogen-bond acceptors (Lipinski definition) is 3. The summed E-state index contributed by atoms with van der Waals surface area (Å²) in [5, 5.41) is 9.52. The van der Waals surface area contributed by atoms with Crippen LogP contribution in [-0.2, 0) is 14.4 Å². The van der Waals surface area contributed by atoms with Crippen molar-refractivity contribution in [2.24, 2.45) is 5.92 Å². The van der Waals surface area contributed by atoms with Gasteiger partial charge in [0, 0.05) is 44.9 Å². The van der Waals surface area contributed by atoms with Crippen molar-refractivity contribution < 1.29 is 23.9 Å². The lowest BCUT2D eigenvalue weighted by atomic mass is 9.89. The molecule has 2 saturated heterocycles. The fraction of sp³-hybridized carbons (Fsp3) is 0.550. The van der Waals surface area contributed by atoms with Gasteiger partial charge in [-0.1, -0.05) is 12.1 Å². The van der Waals surface area contributed by atoms with Gasteiger partial charge < -0.3 is 14.9 Å². The molecule has 0 spiro atoms. The second-order valence-corrected chi connectivity index (χ2v) is 7.34. The Morgan fingerprint density at radius 2 is 1.89 bits per heavy atom. The molecule has 2 aliphatic heterocycles. The summed E-state index contributed by atoms with van der Waals surface area (Å²) in [6, 6.07) is 5.81. The van der Waals surface area contributed by atoms with Crippen molar-refractivity contribution in [2.45, 2.75) is 38.0 Å². The summed E-state index contributed by atoms with van der Waals surface area (Å²) in [5.41, 5.74) is 0.734. The van der Waals surface area contributed by atoms with E-state index in [2.05, 4.69) is 0 Å². The van der Waals surface area contributed by atoms with Crippen LogP contribution in [0, 0.1) is 11.7 Å². The topological polar surface area (TPSA) is 77.9 Å². The minimum atomic E-state index is -0.946. The zero-order valence-corrected chi connectivity index (χ0v) is 15.3. The number of halogens is 1. The highest BCUT2D eigenvalue weighted by molar-refractivity contribution is 5.80. The van der Waals surface area contributed by atoms with E-state index in [0.717, 1.165) is 24.9 Å². The van der Waals surface area contributed by atoms with Crippen molar-refractivity contribution in [1.29, 1.82) is 0 Å². The van der Waals surface area contributed by atoms with Gasteiger partial charge in [-0.2, -0.15) is 0 Å². The predicted molar refractivity (Wildman–Crippen MR) is 96.5 cm³/mol. The SMILES string of the molecule is O=C(O)[C@@H]1CN(C(=O)CCCN2CCCCC2=O)C[C@H]1c1ccc(F)cc1. The lowest BCUT2D eigenvalue weighted by Crippen LogP contribution is -2.37. The van der Waals surface area contributed by atoms with E-state index in [1.807, 2.05) is 4.90 Å². The van der Waals surface area contributed by atoms with Crippen LogP contribution in [0.5, 0.6) is 0 Å². The molecule has 0 bridgehead atoms. The summed E-state index contributed by atoms with van der Waals surface area (Å²) >= 11 is 0. The number of carboxylic acid groups (broad SMARTS) is 1. The molecule has 1 aromatic rings. The molecule has 27 heavy (non-hydrogen) atoms. The van der Waals surface area contributed by atoms with Crippen LogP contribution in [0.15, 0.2) is 24.3 Å². The number of rotatable bonds is 6. The van der Waals surface area contributed by atoms with Crippen LogP contribution < -0.4 is 0 Å². The molecule has 0 unspecified atom stereocenters. The second kappa shape index (κ2) is 8.50. The van der Waals surface area contributed by atoms with Crippen LogP contribution in [0.3, 0.4) is 0 Å². The molecule has 2 fully saturated rings. The van der Waals surface area contributed by atoms with Gasteiger partial charge in [-0.05, 0) is 37.0 Å². The maximum absolute atomic E-state index is 13.1. The smallest absolute Gasteiger partial charge is 0.308 e. The first kappa shape index (κ1) is 19.3. The first-order valence-electron chi connectivity index (χ1n) is 9.49. The number of amides is 2. The summed E-state index contributed by atoms with van der Waals surface area (Å²) in [7, 11) is 0. The molecule has 7 heteroatoms. The van der Waals surface area contributed by atoms with Gasteiger partial charge in [-0.25, -0.2) is 4.39 Å². The Morgan fingerprint density at radius 1 is 1.15 bits per heavy atom. The number of carboxylic acids is 1. The van der Waals surface area contributed by atoms with Crippen LogP contribution in [-0.4, -0.2) is 58.9 Å². The van der Waals surface area contributed by atoms with Crippen molar-refractivity contribution in [3.05, 3.63) is 35.6 Å². The summed E-state index contributed by atoms with van der Waals surface area (Å²) in [6.07, 6.45) is 3.40. The number of hydrogen-bond donors (Lipinski definition) is 1. The third-order valence-corrected chi connectivity index (χ3v) is 5.53. The van der Waals surface area contributed by atoms with Gasteiger partial charge in [-0.3, -0.25) is 14.4 Å². The molecule has 2 atom stereocenters. The van der Waals surface area contributed by atoms with Crippen molar-refractivity contribution in [3.63, 3.8) is 0 Å². The molecule has 0 saturated carbocycles. The Bertz CT molecular complexity index is 706. The molecule has 0 aliphatic carbocycles. The minimum Gasteiger partial charge on any atom is -0.481 e. The molecule has 2 heterocycles. The molecule has 3 rings (SSSR count). The van der Waals surface area contributed by atoms with E-state index in [4.69, 9.17) is 0 Å². The zero-order valence-electron chi connectivity index (χ0n) is 15.3. The van der Waals surface area contributed by atoms with E-state index in [1.54, 1.807) is 17.0 Å². The maximum Gasteiger partial charge on any atom is 0.308 e. The third-order valence-electron chi connectivity index (χ3n) is 5.53. The number of carbonyl (C=O) groups is 3.